The number of halogens is 1. The summed E-state index contributed by atoms with van der Waals surface area (Å²) in [5, 5.41) is 3.21. The third-order valence-electron chi connectivity index (χ3n) is 3.83. The van der Waals surface area contributed by atoms with Gasteiger partial charge in [-0.25, -0.2) is 13.1 Å². The lowest BCUT2D eigenvalue weighted by Gasteiger charge is -2.21. The second-order valence-electron chi connectivity index (χ2n) is 5.49. The van der Waals surface area contributed by atoms with Gasteiger partial charge in [-0.2, -0.15) is 0 Å². The average Bonchev–Trinajstić information content (AvgIpc) is 2.86. The van der Waals surface area contributed by atoms with Gasteiger partial charge in [0.25, 0.3) is 0 Å². The molecule has 1 heterocycles. The summed E-state index contributed by atoms with van der Waals surface area (Å²) in [5.41, 5.74) is 0. The Morgan fingerprint density at radius 3 is 2.71 bits per heavy atom. The van der Waals surface area contributed by atoms with Gasteiger partial charge in [-0.05, 0) is 47.3 Å². The van der Waals surface area contributed by atoms with E-state index in [2.05, 4.69) is 26.0 Å². The van der Waals surface area contributed by atoms with E-state index in [9.17, 15) is 8.42 Å². The maximum atomic E-state index is 12.4. The average molecular weight is 395 g/mol. The molecule has 21 heavy (non-hydrogen) atoms. The van der Waals surface area contributed by atoms with Gasteiger partial charge in [0.1, 0.15) is 4.90 Å². The van der Waals surface area contributed by atoms with E-state index in [-0.39, 0.29) is 0 Å². The van der Waals surface area contributed by atoms with Crippen LogP contribution in [0.3, 0.4) is 0 Å². The van der Waals surface area contributed by atoms with Crippen LogP contribution in [0, 0.1) is 5.92 Å². The van der Waals surface area contributed by atoms with Gasteiger partial charge in [-0.1, -0.05) is 26.2 Å². The second kappa shape index (κ2) is 8.06. The molecule has 4 nitrogen and oxygen atoms in total. The Kier molecular flexibility index (Phi) is 6.68. The van der Waals surface area contributed by atoms with E-state index < -0.39 is 10.0 Å². The fourth-order valence-corrected chi connectivity index (χ4v) is 6.38. The van der Waals surface area contributed by atoms with E-state index in [0.717, 1.165) is 24.3 Å². The summed E-state index contributed by atoms with van der Waals surface area (Å²) in [5.74, 6) is 0.493. The van der Waals surface area contributed by atoms with Gasteiger partial charge in [0.2, 0.25) is 10.0 Å². The lowest BCUT2D eigenvalue weighted by molar-refractivity contribution is 0.357. The standard InChI is InChI=1S/C14H23BrN2O2S2/c1-2-16-10-12-8-13(14(15)20-12)21(18,19)17-9-11-6-4-3-5-7-11/h8,11,16-17H,2-7,9-10H2,1H3. The molecule has 0 amide bonds. The lowest BCUT2D eigenvalue weighted by atomic mass is 9.90. The highest BCUT2D eigenvalue weighted by Gasteiger charge is 2.22. The lowest BCUT2D eigenvalue weighted by Crippen LogP contribution is -2.30. The van der Waals surface area contributed by atoms with Crippen molar-refractivity contribution in [3.8, 4) is 0 Å². The largest absolute Gasteiger partial charge is 0.312 e. The zero-order valence-corrected chi connectivity index (χ0v) is 15.5. The topological polar surface area (TPSA) is 58.2 Å². The van der Waals surface area contributed by atoms with Crippen molar-refractivity contribution in [1.29, 1.82) is 0 Å². The van der Waals surface area contributed by atoms with Crippen LogP contribution in [0.25, 0.3) is 0 Å². The van der Waals surface area contributed by atoms with Crippen molar-refractivity contribution in [2.45, 2.75) is 50.5 Å². The molecule has 0 aromatic carbocycles. The summed E-state index contributed by atoms with van der Waals surface area (Å²) >= 11 is 4.86. The zero-order chi connectivity index (χ0) is 15.3. The minimum absolute atomic E-state index is 0.371. The molecule has 0 aliphatic heterocycles. The molecular weight excluding hydrogens is 372 g/mol. The van der Waals surface area contributed by atoms with E-state index in [4.69, 9.17) is 0 Å². The van der Waals surface area contributed by atoms with Gasteiger partial charge in [-0.3, -0.25) is 0 Å². The number of rotatable bonds is 7. The number of hydrogen-bond donors (Lipinski definition) is 2. The third kappa shape index (κ3) is 5.03. The first-order valence-electron chi connectivity index (χ1n) is 7.51. The Labute approximate surface area is 139 Å². The molecule has 120 valence electrons. The highest BCUT2D eigenvalue weighted by atomic mass is 79.9. The molecule has 0 unspecified atom stereocenters. The van der Waals surface area contributed by atoms with E-state index in [1.807, 2.05) is 6.92 Å². The monoisotopic (exact) mass is 394 g/mol. The quantitative estimate of drug-likeness (QED) is 0.743. The van der Waals surface area contributed by atoms with Crippen LogP contribution < -0.4 is 10.0 Å². The van der Waals surface area contributed by atoms with E-state index >= 15 is 0 Å². The zero-order valence-electron chi connectivity index (χ0n) is 12.3. The fourth-order valence-electron chi connectivity index (χ4n) is 2.61. The van der Waals surface area contributed by atoms with E-state index in [1.165, 1.54) is 30.6 Å². The molecule has 0 spiro atoms. The Morgan fingerprint density at radius 1 is 1.33 bits per heavy atom. The highest BCUT2D eigenvalue weighted by Crippen LogP contribution is 2.32. The highest BCUT2D eigenvalue weighted by molar-refractivity contribution is 9.11. The number of thiophene rings is 1. The van der Waals surface area contributed by atoms with Gasteiger partial charge in [0.05, 0.1) is 3.79 Å². The summed E-state index contributed by atoms with van der Waals surface area (Å²) in [4.78, 5) is 1.40. The summed E-state index contributed by atoms with van der Waals surface area (Å²) in [6, 6.07) is 1.76. The van der Waals surface area contributed by atoms with Crippen molar-refractivity contribution in [3.05, 3.63) is 14.7 Å². The van der Waals surface area contributed by atoms with Crippen molar-refractivity contribution in [2.75, 3.05) is 13.1 Å². The predicted molar refractivity (Wildman–Crippen MR) is 91.2 cm³/mol. The molecule has 1 aromatic rings. The van der Waals surface area contributed by atoms with Crippen molar-refractivity contribution in [1.82, 2.24) is 10.0 Å². The van der Waals surface area contributed by atoms with Gasteiger partial charge in [-0.15, -0.1) is 11.3 Å². The molecule has 1 aliphatic carbocycles. The molecule has 2 N–H and O–H groups in total. The van der Waals surface area contributed by atoms with Crippen LogP contribution in [-0.2, 0) is 16.6 Å². The molecule has 0 radical (unpaired) electrons. The number of nitrogens with one attached hydrogen (secondary N) is 2. The first-order chi connectivity index (χ1) is 10.0. The smallest absolute Gasteiger partial charge is 0.242 e. The number of sulfonamides is 1. The maximum absolute atomic E-state index is 12.4. The van der Waals surface area contributed by atoms with Crippen LogP contribution in [0.4, 0.5) is 0 Å². The molecule has 0 atom stereocenters. The van der Waals surface area contributed by atoms with Crippen molar-refractivity contribution in [3.63, 3.8) is 0 Å². The number of hydrogen-bond acceptors (Lipinski definition) is 4. The van der Waals surface area contributed by atoms with Crippen LogP contribution in [0.2, 0.25) is 0 Å². The molecule has 2 rings (SSSR count). The van der Waals surface area contributed by atoms with Crippen LogP contribution in [0.15, 0.2) is 14.7 Å². The molecule has 0 bridgehead atoms. The van der Waals surface area contributed by atoms with E-state index in [0.29, 0.717) is 27.7 Å². The van der Waals surface area contributed by atoms with Crippen LogP contribution in [-0.4, -0.2) is 21.5 Å². The van der Waals surface area contributed by atoms with Crippen molar-refractivity contribution >= 4 is 37.3 Å². The van der Waals surface area contributed by atoms with Crippen LogP contribution in [0.5, 0.6) is 0 Å². The van der Waals surface area contributed by atoms with Crippen molar-refractivity contribution in [2.24, 2.45) is 5.92 Å². The summed E-state index contributed by atoms with van der Waals surface area (Å²) in [6.45, 7) is 4.18. The molecule has 1 saturated carbocycles. The van der Waals surface area contributed by atoms with E-state index in [1.54, 1.807) is 6.07 Å². The Balaban J connectivity index is 1.99. The molecule has 7 heteroatoms. The van der Waals surface area contributed by atoms with Crippen LogP contribution in [0.1, 0.15) is 43.9 Å². The second-order valence-corrected chi connectivity index (χ2v) is 9.68. The normalized spacial score (nSPS) is 17.2. The minimum atomic E-state index is -3.41. The summed E-state index contributed by atoms with van der Waals surface area (Å²) < 4.78 is 28.3. The van der Waals surface area contributed by atoms with Crippen molar-refractivity contribution < 1.29 is 8.42 Å². The van der Waals surface area contributed by atoms with Crippen LogP contribution >= 0.6 is 27.3 Å². The molecule has 1 aromatic heterocycles. The molecule has 1 aliphatic rings. The molecular formula is C14H23BrN2O2S2. The Bertz CT molecular complexity index is 551. The Hall–Kier alpha value is 0.0500. The van der Waals surface area contributed by atoms with Gasteiger partial charge in [0.15, 0.2) is 0 Å². The summed E-state index contributed by atoms with van der Waals surface area (Å²) in [7, 11) is -3.41. The molecule has 0 saturated heterocycles. The Morgan fingerprint density at radius 2 is 2.05 bits per heavy atom. The first kappa shape index (κ1) is 17.4. The van der Waals surface area contributed by atoms with Gasteiger partial charge < -0.3 is 5.32 Å². The minimum Gasteiger partial charge on any atom is -0.312 e. The maximum Gasteiger partial charge on any atom is 0.242 e. The first-order valence-corrected chi connectivity index (χ1v) is 10.6. The SMILES string of the molecule is CCNCc1cc(S(=O)(=O)NCC2CCCCC2)c(Br)s1. The third-order valence-corrected chi connectivity index (χ3v) is 7.51. The van der Waals surface area contributed by atoms with Gasteiger partial charge >= 0.3 is 0 Å². The van der Waals surface area contributed by atoms with Gasteiger partial charge in [0, 0.05) is 18.0 Å². The molecule has 1 fully saturated rings. The summed E-state index contributed by atoms with van der Waals surface area (Å²) in [6.07, 6.45) is 6.01. The fraction of sp³-hybridized carbons (Fsp3) is 0.714. The predicted octanol–water partition coefficient (Wildman–Crippen LogP) is 3.48.